The van der Waals surface area contributed by atoms with E-state index in [1.165, 1.54) is 18.3 Å². The van der Waals surface area contributed by atoms with Crippen molar-refractivity contribution in [2.24, 2.45) is 0 Å². The van der Waals surface area contributed by atoms with Crippen LogP contribution in [0.4, 0.5) is 0 Å². The van der Waals surface area contributed by atoms with Crippen molar-refractivity contribution < 1.29 is 19.4 Å². The Morgan fingerprint density at radius 1 is 1.28 bits per heavy atom. The summed E-state index contributed by atoms with van der Waals surface area (Å²) in [6.45, 7) is 6.11. The molecule has 0 saturated heterocycles. The molecule has 0 aliphatic rings. The largest absolute Gasteiger partial charge is 0.467 e. The van der Waals surface area contributed by atoms with Crippen LogP contribution in [-0.4, -0.2) is 37.5 Å². The Kier molecular flexibility index (Phi) is 9.24. The number of aliphatic hydroxyl groups is 1. The van der Waals surface area contributed by atoms with E-state index in [-0.39, 0.29) is 6.61 Å². The Morgan fingerprint density at radius 3 is 2.44 bits per heavy atom. The minimum absolute atomic E-state index is 0.307. The lowest BCUT2D eigenvalue weighted by Gasteiger charge is -2.11. The predicted molar refractivity (Wildman–Crippen MR) is 71.3 cm³/mol. The third kappa shape index (κ3) is 8.03. The fourth-order valence-corrected chi connectivity index (χ4v) is 1.32. The van der Waals surface area contributed by atoms with Gasteiger partial charge in [-0.15, -0.1) is 0 Å². The van der Waals surface area contributed by atoms with E-state index >= 15 is 0 Å². The molecule has 0 aliphatic heterocycles. The molecule has 104 valence electrons. The zero-order valence-corrected chi connectivity index (χ0v) is 11.7. The van der Waals surface area contributed by atoms with Gasteiger partial charge < -0.3 is 14.6 Å². The maximum Gasteiger partial charge on any atom is 0.337 e. The summed E-state index contributed by atoms with van der Waals surface area (Å²) in [5.41, 5.74) is 2.51. The van der Waals surface area contributed by atoms with E-state index < -0.39 is 12.1 Å². The van der Waals surface area contributed by atoms with Crippen LogP contribution in [0.2, 0.25) is 0 Å². The zero-order chi connectivity index (χ0) is 14.0. The average Bonchev–Trinajstić information content (AvgIpc) is 2.33. The van der Waals surface area contributed by atoms with Gasteiger partial charge in [-0.05, 0) is 33.6 Å². The Labute approximate surface area is 109 Å². The smallest absolute Gasteiger partial charge is 0.337 e. The summed E-state index contributed by atoms with van der Waals surface area (Å²) in [7, 11) is 1.27. The molecule has 18 heavy (non-hydrogen) atoms. The van der Waals surface area contributed by atoms with Crippen LogP contribution in [0.15, 0.2) is 23.3 Å². The fourth-order valence-electron chi connectivity index (χ4n) is 1.32. The second kappa shape index (κ2) is 9.85. The van der Waals surface area contributed by atoms with Crippen LogP contribution in [-0.2, 0) is 14.3 Å². The highest BCUT2D eigenvalue weighted by Gasteiger charge is 2.17. The van der Waals surface area contributed by atoms with Crippen molar-refractivity contribution in [1.82, 2.24) is 0 Å². The molecule has 1 N–H and O–H groups in total. The van der Waals surface area contributed by atoms with Gasteiger partial charge in [-0.1, -0.05) is 23.3 Å². The normalized spacial score (nSPS) is 13.1. The molecule has 0 spiro atoms. The molecule has 1 atom stereocenters. The number of carbonyl (C=O) groups is 1. The Balaban J connectivity index is 3.98. The highest BCUT2D eigenvalue weighted by Crippen LogP contribution is 2.07. The van der Waals surface area contributed by atoms with Crippen molar-refractivity contribution in [2.75, 3.05) is 20.3 Å². The molecule has 0 aromatic heterocycles. The van der Waals surface area contributed by atoms with Crippen molar-refractivity contribution in [2.45, 2.75) is 39.7 Å². The third-order valence-electron chi connectivity index (χ3n) is 2.45. The first-order chi connectivity index (χ1) is 8.51. The van der Waals surface area contributed by atoms with E-state index in [2.05, 4.69) is 24.7 Å². The molecule has 0 unspecified atom stereocenters. The van der Waals surface area contributed by atoms with E-state index in [1.54, 1.807) is 0 Å². The molecule has 4 heteroatoms. The summed E-state index contributed by atoms with van der Waals surface area (Å²) >= 11 is 0. The topological polar surface area (TPSA) is 55.8 Å². The SMILES string of the molecule is COC(=O)[C@@H](CO)OC/C=C(\C)CCC=C(C)C. The second-order valence-corrected chi connectivity index (χ2v) is 4.40. The van der Waals surface area contributed by atoms with E-state index in [1.807, 2.05) is 13.0 Å². The Bertz CT molecular complexity index is 301. The summed E-state index contributed by atoms with van der Waals surface area (Å²) in [4.78, 5) is 11.1. The highest BCUT2D eigenvalue weighted by atomic mass is 16.6. The fraction of sp³-hybridized carbons (Fsp3) is 0.643. The quantitative estimate of drug-likeness (QED) is 0.534. The van der Waals surface area contributed by atoms with Crippen LogP contribution in [0.5, 0.6) is 0 Å². The minimum atomic E-state index is -0.892. The molecule has 0 saturated carbocycles. The third-order valence-corrected chi connectivity index (χ3v) is 2.45. The molecule has 0 bridgehead atoms. The summed E-state index contributed by atoms with van der Waals surface area (Å²) < 4.78 is 9.73. The van der Waals surface area contributed by atoms with Crippen LogP contribution in [0.25, 0.3) is 0 Å². The van der Waals surface area contributed by atoms with Crippen molar-refractivity contribution in [3.8, 4) is 0 Å². The molecule has 0 radical (unpaired) electrons. The number of aliphatic hydroxyl groups excluding tert-OH is 1. The molecule has 0 fully saturated rings. The predicted octanol–water partition coefficient (Wildman–Crippen LogP) is 2.23. The lowest BCUT2D eigenvalue weighted by atomic mass is 10.1. The van der Waals surface area contributed by atoms with Gasteiger partial charge in [0.15, 0.2) is 6.10 Å². The van der Waals surface area contributed by atoms with Gasteiger partial charge in [-0.3, -0.25) is 0 Å². The average molecular weight is 256 g/mol. The summed E-state index contributed by atoms with van der Waals surface area (Å²) in [5, 5.41) is 8.94. The van der Waals surface area contributed by atoms with Gasteiger partial charge in [-0.25, -0.2) is 4.79 Å². The lowest BCUT2D eigenvalue weighted by molar-refractivity contribution is -0.155. The first kappa shape index (κ1) is 16.9. The Hall–Kier alpha value is -1.13. The number of rotatable bonds is 8. The molecule has 0 aromatic rings. The van der Waals surface area contributed by atoms with Crippen LogP contribution >= 0.6 is 0 Å². The van der Waals surface area contributed by atoms with E-state index in [0.29, 0.717) is 6.61 Å². The number of esters is 1. The first-order valence-electron chi connectivity index (χ1n) is 6.10. The number of methoxy groups -OCH3 is 1. The summed E-state index contributed by atoms with van der Waals surface area (Å²) in [5.74, 6) is -0.548. The monoisotopic (exact) mass is 256 g/mol. The number of allylic oxidation sites excluding steroid dienone is 3. The zero-order valence-electron chi connectivity index (χ0n) is 11.7. The van der Waals surface area contributed by atoms with Gasteiger partial charge in [0.05, 0.1) is 20.3 Å². The lowest BCUT2D eigenvalue weighted by Crippen LogP contribution is -2.29. The molecule has 0 heterocycles. The molecule has 0 aliphatic carbocycles. The van der Waals surface area contributed by atoms with Crippen LogP contribution in [0, 0.1) is 0 Å². The molecule has 0 amide bonds. The van der Waals surface area contributed by atoms with Gasteiger partial charge in [0, 0.05) is 0 Å². The number of hydrogen-bond donors (Lipinski definition) is 1. The standard InChI is InChI=1S/C14H24O4/c1-11(2)6-5-7-12(3)8-9-18-13(10-15)14(16)17-4/h6,8,13,15H,5,7,9-10H2,1-4H3/b12-8+/t13-/m1/s1. The van der Waals surface area contributed by atoms with Crippen molar-refractivity contribution in [1.29, 1.82) is 0 Å². The molecule has 4 nitrogen and oxygen atoms in total. The minimum Gasteiger partial charge on any atom is -0.467 e. The van der Waals surface area contributed by atoms with Gasteiger partial charge in [0.2, 0.25) is 0 Å². The molecular weight excluding hydrogens is 232 g/mol. The van der Waals surface area contributed by atoms with Crippen LogP contribution < -0.4 is 0 Å². The first-order valence-corrected chi connectivity index (χ1v) is 6.10. The maximum atomic E-state index is 11.1. The van der Waals surface area contributed by atoms with Crippen molar-refractivity contribution >= 4 is 5.97 Å². The summed E-state index contributed by atoms with van der Waals surface area (Å²) in [6, 6.07) is 0. The molecule has 0 aromatic carbocycles. The van der Waals surface area contributed by atoms with Crippen LogP contribution in [0.3, 0.4) is 0 Å². The van der Waals surface area contributed by atoms with Crippen LogP contribution in [0.1, 0.15) is 33.6 Å². The second-order valence-electron chi connectivity index (χ2n) is 4.40. The van der Waals surface area contributed by atoms with Gasteiger partial charge >= 0.3 is 5.97 Å². The number of carbonyl (C=O) groups excluding carboxylic acids is 1. The highest BCUT2D eigenvalue weighted by molar-refractivity contribution is 5.74. The van der Waals surface area contributed by atoms with E-state index in [9.17, 15) is 4.79 Å². The Morgan fingerprint density at radius 2 is 1.94 bits per heavy atom. The molecule has 0 rings (SSSR count). The van der Waals surface area contributed by atoms with E-state index in [0.717, 1.165) is 12.8 Å². The van der Waals surface area contributed by atoms with Gasteiger partial charge in [0.25, 0.3) is 0 Å². The van der Waals surface area contributed by atoms with Gasteiger partial charge in [-0.2, -0.15) is 0 Å². The van der Waals surface area contributed by atoms with E-state index in [4.69, 9.17) is 9.84 Å². The maximum absolute atomic E-state index is 11.1. The summed E-state index contributed by atoms with van der Waals surface area (Å²) in [6.07, 6.45) is 5.19. The number of ether oxygens (including phenoxy) is 2. The molecular formula is C14H24O4. The van der Waals surface area contributed by atoms with Gasteiger partial charge in [0.1, 0.15) is 0 Å². The van der Waals surface area contributed by atoms with Crippen molar-refractivity contribution in [3.05, 3.63) is 23.3 Å². The van der Waals surface area contributed by atoms with Crippen molar-refractivity contribution in [3.63, 3.8) is 0 Å². The number of hydrogen-bond acceptors (Lipinski definition) is 4.